The van der Waals surface area contributed by atoms with Gasteiger partial charge < -0.3 is 14.9 Å². The maximum atomic E-state index is 6.46. The third-order valence-electron chi connectivity index (χ3n) is 4.19. The molecule has 1 atom stereocenters. The molecular weight excluding hydrogens is 250 g/mol. The summed E-state index contributed by atoms with van der Waals surface area (Å²) in [5.41, 5.74) is 8.23. The Balaban J connectivity index is 2.40. The maximum absolute atomic E-state index is 6.46. The van der Waals surface area contributed by atoms with Gasteiger partial charge in [0.2, 0.25) is 0 Å². The summed E-state index contributed by atoms with van der Waals surface area (Å²) in [4.78, 5) is 0. The molecule has 0 bridgehead atoms. The molecule has 2 aromatic rings. The van der Waals surface area contributed by atoms with Crippen molar-refractivity contribution in [2.45, 2.75) is 52.2 Å². The summed E-state index contributed by atoms with van der Waals surface area (Å²) >= 11 is 0. The Morgan fingerprint density at radius 2 is 1.90 bits per heavy atom. The zero-order chi connectivity index (χ0) is 14.8. The van der Waals surface area contributed by atoms with E-state index in [0.29, 0.717) is 6.61 Å². The molecule has 110 valence electrons. The highest BCUT2D eigenvalue weighted by Gasteiger charge is 2.37. The van der Waals surface area contributed by atoms with Gasteiger partial charge in [-0.1, -0.05) is 25.5 Å². The molecule has 0 amide bonds. The highest BCUT2D eigenvalue weighted by atomic mass is 16.5. The summed E-state index contributed by atoms with van der Waals surface area (Å²) in [6.07, 6.45) is 1.74. The van der Waals surface area contributed by atoms with Crippen LogP contribution in [-0.2, 0) is 4.74 Å². The van der Waals surface area contributed by atoms with E-state index in [9.17, 15) is 0 Å². The lowest BCUT2D eigenvalue weighted by atomic mass is 9.87. The van der Waals surface area contributed by atoms with Crippen molar-refractivity contribution in [3.05, 3.63) is 35.6 Å². The Morgan fingerprint density at radius 1 is 1.20 bits per heavy atom. The molecule has 20 heavy (non-hydrogen) atoms. The van der Waals surface area contributed by atoms with Gasteiger partial charge in [-0.3, -0.25) is 0 Å². The molecular formula is C17H25NO2. The van der Waals surface area contributed by atoms with Crippen molar-refractivity contribution in [2.24, 2.45) is 5.73 Å². The summed E-state index contributed by atoms with van der Waals surface area (Å²) in [6, 6.07) is 7.98. The Hall–Kier alpha value is -1.32. The molecule has 1 aromatic carbocycles. The Bertz CT molecular complexity index is 569. The third kappa shape index (κ3) is 2.60. The number of rotatable bonds is 6. The van der Waals surface area contributed by atoms with Gasteiger partial charge in [-0.15, -0.1) is 0 Å². The summed E-state index contributed by atoms with van der Waals surface area (Å²) < 4.78 is 11.9. The number of furan rings is 1. The summed E-state index contributed by atoms with van der Waals surface area (Å²) in [5, 5.41) is 1.10. The average Bonchev–Trinajstić information content (AvgIpc) is 2.87. The predicted octanol–water partition coefficient (Wildman–Crippen LogP) is 4.34. The second-order valence-corrected chi connectivity index (χ2v) is 5.37. The van der Waals surface area contributed by atoms with Crippen LogP contribution >= 0.6 is 0 Å². The molecule has 3 nitrogen and oxygen atoms in total. The first kappa shape index (κ1) is 15.1. The molecule has 0 aliphatic heterocycles. The van der Waals surface area contributed by atoms with Crippen molar-refractivity contribution in [3.8, 4) is 0 Å². The van der Waals surface area contributed by atoms with Gasteiger partial charge in [0.15, 0.2) is 0 Å². The van der Waals surface area contributed by atoms with Gasteiger partial charge in [-0.05, 0) is 44.9 Å². The van der Waals surface area contributed by atoms with Crippen LogP contribution in [0.25, 0.3) is 11.0 Å². The fraction of sp³-hybridized carbons (Fsp3) is 0.529. The van der Waals surface area contributed by atoms with Crippen LogP contribution in [0.3, 0.4) is 0 Å². The Morgan fingerprint density at radius 3 is 2.50 bits per heavy atom. The van der Waals surface area contributed by atoms with Crippen LogP contribution in [0.1, 0.15) is 51.0 Å². The van der Waals surface area contributed by atoms with Gasteiger partial charge in [0.05, 0.1) is 11.6 Å². The molecule has 2 rings (SSSR count). The summed E-state index contributed by atoms with van der Waals surface area (Å²) in [7, 11) is 0. The van der Waals surface area contributed by atoms with Crippen molar-refractivity contribution in [2.75, 3.05) is 6.61 Å². The average molecular weight is 275 g/mol. The topological polar surface area (TPSA) is 48.4 Å². The molecule has 2 N–H and O–H groups in total. The first-order valence-electron chi connectivity index (χ1n) is 7.46. The molecule has 0 fully saturated rings. The van der Waals surface area contributed by atoms with Crippen LogP contribution in [0.5, 0.6) is 0 Å². The van der Waals surface area contributed by atoms with Crippen LogP contribution < -0.4 is 5.73 Å². The molecule has 0 saturated heterocycles. The smallest absolute Gasteiger partial charge is 0.134 e. The number of fused-ring (bicyclic) bond motifs is 1. The van der Waals surface area contributed by atoms with E-state index in [1.165, 1.54) is 5.56 Å². The number of ether oxygens (including phenoxy) is 1. The summed E-state index contributed by atoms with van der Waals surface area (Å²) in [5.74, 6) is 0.808. The first-order chi connectivity index (χ1) is 9.56. The summed E-state index contributed by atoms with van der Waals surface area (Å²) in [6.45, 7) is 8.98. The van der Waals surface area contributed by atoms with Gasteiger partial charge in [0, 0.05) is 12.0 Å². The molecule has 0 aliphatic rings. The lowest BCUT2D eigenvalue weighted by Gasteiger charge is -2.36. The minimum absolute atomic E-state index is 0.245. The highest BCUT2D eigenvalue weighted by molar-refractivity contribution is 5.78. The van der Waals surface area contributed by atoms with Gasteiger partial charge in [-0.2, -0.15) is 0 Å². The standard InChI is InChI=1S/C17H25NO2/c1-5-17(6-2,19-7-3)16(18)15-11-13-10-12(4)8-9-14(13)20-15/h8-11,16H,5-7,18H2,1-4H3. The molecule has 1 unspecified atom stereocenters. The number of benzene rings is 1. The molecule has 0 saturated carbocycles. The molecule has 1 aromatic heterocycles. The van der Waals surface area contributed by atoms with Gasteiger partial charge in [-0.25, -0.2) is 0 Å². The molecule has 0 radical (unpaired) electrons. The quantitative estimate of drug-likeness (QED) is 0.853. The van der Waals surface area contributed by atoms with Crippen LogP contribution in [0, 0.1) is 6.92 Å². The van der Waals surface area contributed by atoms with E-state index >= 15 is 0 Å². The van der Waals surface area contributed by atoms with Crippen molar-refractivity contribution in [1.29, 1.82) is 0 Å². The number of hydrogen-bond acceptors (Lipinski definition) is 3. The monoisotopic (exact) mass is 275 g/mol. The second kappa shape index (κ2) is 5.98. The van der Waals surface area contributed by atoms with Crippen LogP contribution in [0.4, 0.5) is 0 Å². The zero-order valence-electron chi connectivity index (χ0n) is 12.9. The Kier molecular flexibility index (Phi) is 4.51. The highest BCUT2D eigenvalue weighted by Crippen LogP contribution is 2.36. The number of hydrogen-bond donors (Lipinski definition) is 1. The second-order valence-electron chi connectivity index (χ2n) is 5.37. The maximum Gasteiger partial charge on any atom is 0.134 e. The van der Waals surface area contributed by atoms with Gasteiger partial charge >= 0.3 is 0 Å². The van der Waals surface area contributed by atoms with E-state index in [1.807, 2.05) is 19.1 Å². The van der Waals surface area contributed by atoms with Crippen LogP contribution in [-0.4, -0.2) is 12.2 Å². The van der Waals surface area contributed by atoms with Crippen molar-refractivity contribution >= 4 is 11.0 Å². The van der Waals surface area contributed by atoms with Gasteiger partial charge in [0.25, 0.3) is 0 Å². The van der Waals surface area contributed by atoms with E-state index < -0.39 is 0 Å². The zero-order valence-corrected chi connectivity index (χ0v) is 12.9. The molecule has 3 heteroatoms. The molecule has 0 aliphatic carbocycles. The van der Waals surface area contributed by atoms with Crippen molar-refractivity contribution < 1.29 is 9.15 Å². The van der Waals surface area contributed by atoms with Crippen LogP contribution in [0.2, 0.25) is 0 Å². The molecule has 1 heterocycles. The first-order valence-corrected chi connectivity index (χ1v) is 7.46. The number of nitrogens with two attached hydrogens (primary N) is 1. The lowest BCUT2D eigenvalue weighted by Crippen LogP contribution is -2.42. The van der Waals surface area contributed by atoms with Crippen molar-refractivity contribution in [1.82, 2.24) is 0 Å². The number of aryl methyl sites for hydroxylation is 1. The largest absolute Gasteiger partial charge is 0.459 e. The van der Waals surface area contributed by atoms with Gasteiger partial charge in [0.1, 0.15) is 11.3 Å². The van der Waals surface area contributed by atoms with Crippen LogP contribution in [0.15, 0.2) is 28.7 Å². The SMILES string of the molecule is CCOC(CC)(CC)C(N)c1cc2cc(C)ccc2o1. The van der Waals surface area contributed by atoms with E-state index in [0.717, 1.165) is 29.6 Å². The van der Waals surface area contributed by atoms with E-state index in [1.54, 1.807) is 0 Å². The van der Waals surface area contributed by atoms with Crippen molar-refractivity contribution in [3.63, 3.8) is 0 Å². The minimum atomic E-state index is -0.350. The van der Waals surface area contributed by atoms with E-state index in [4.69, 9.17) is 14.9 Å². The van der Waals surface area contributed by atoms with E-state index in [2.05, 4.69) is 32.9 Å². The Labute approximate surface area is 121 Å². The predicted molar refractivity (Wildman–Crippen MR) is 82.8 cm³/mol. The lowest BCUT2D eigenvalue weighted by molar-refractivity contribution is -0.0682. The normalized spacial score (nSPS) is 13.8. The minimum Gasteiger partial charge on any atom is -0.459 e. The fourth-order valence-electron chi connectivity index (χ4n) is 2.87. The third-order valence-corrected chi connectivity index (χ3v) is 4.19. The fourth-order valence-corrected chi connectivity index (χ4v) is 2.87. The molecule has 0 spiro atoms. The van der Waals surface area contributed by atoms with E-state index in [-0.39, 0.29) is 11.6 Å².